The van der Waals surface area contributed by atoms with Gasteiger partial charge in [-0.15, -0.1) is 0 Å². The molecule has 0 unspecified atom stereocenters. The van der Waals surface area contributed by atoms with E-state index in [0.29, 0.717) is 0 Å². The van der Waals surface area contributed by atoms with Crippen LogP contribution >= 0.6 is 0 Å². The van der Waals surface area contributed by atoms with Crippen LogP contribution in [0.4, 0.5) is 0 Å². The summed E-state index contributed by atoms with van der Waals surface area (Å²) >= 11 is 0. The van der Waals surface area contributed by atoms with Gasteiger partial charge in [0.25, 0.3) is 0 Å². The quantitative estimate of drug-likeness (QED) is 0.414. The standard InChI is InChI=1S/C17H30N4O/c1-15-8-5-6-9-16(15)14-20-17(18-2)19-10-7-11-21(3)12-13-22-4/h5-6,8-9H,7,10-14H2,1-4H3,(H2,18,19,20). The Bertz CT molecular complexity index is 448. The lowest BCUT2D eigenvalue weighted by atomic mass is 10.1. The van der Waals surface area contributed by atoms with Crippen LogP contribution in [0.1, 0.15) is 17.5 Å². The van der Waals surface area contributed by atoms with Crippen LogP contribution in [0.25, 0.3) is 0 Å². The van der Waals surface area contributed by atoms with Crippen LogP contribution in [0.15, 0.2) is 29.3 Å². The number of nitrogens with zero attached hydrogens (tertiary/aromatic N) is 2. The third kappa shape index (κ3) is 7.43. The van der Waals surface area contributed by atoms with Crippen molar-refractivity contribution in [1.82, 2.24) is 15.5 Å². The second kappa shape index (κ2) is 11.0. The highest BCUT2D eigenvalue weighted by Gasteiger charge is 2.01. The van der Waals surface area contributed by atoms with Crippen LogP contribution in [0, 0.1) is 6.92 Å². The number of nitrogens with one attached hydrogen (secondary N) is 2. The van der Waals surface area contributed by atoms with Crippen LogP contribution in [-0.2, 0) is 11.3 Å². The van der Waals surface area contributed by atoms with Gasteiger partial charge in [-0.1, -0.05) is 24.3 Å². The Morgan fingerprint density at radius 3 is 2.68 bits per heavy atom. The van der Waals surface area contributed by atoms with Crippen molar-refractivity contribution in [2.45, 2.75) is 19.9 Å². The minimum Gasteiger partial charge on any atom is -0.383 e. The fourth-order valence-corrected chi connectivity index (χ4v) is 2.12. The molecule has 0 radical (unpaired) electrons. The molecule has 22 heavy (non-hydrogen) atoms. The first kappa shape index (κ1) is 18.5. The van der Waals surface area contributed by atoms with Crippen molar-refractivity contribution < 1.29 is 4.74 Å². The Kier molecular flexibility index (Phi) is 9.26. The van der Waals surface area contributed by atoms with E-state index in [1.54, 1.807) is 14.2 Å². The number of aliphatic imine (C=N–C) groups is 1. The minimum atomic E-state index is 0.781. The van der Waals surface area contributed by atoms with Gasteiger partial charge in [-0.3, -0.25) is 4.99 Å². The maximum Gasteiger partial charge on any atom is 0.191 e. The smallest absolute Gasteiger partial charge is 0.191 e. The number of hydrogen-bond acceptors (Lipinski definition) is 3. The van der Waals surface area contributed by atoms with Gasteiger partial charge in [0.05, 0.1) is 6.61 Å². The second-order valence-electron chi connectivity index (χ2n) is 5.43. The van der Waals surface area contributed by atoms with E-state index in [1.807, 2.05) is 0 Å². The van der Waals surface area contributed by atoms with Gasteiger partial charge < -0.3 is 20.3 Å². The normalized spacial score (nSPS) is 11.8. The largest absolute Gasteiger partial charge is 0.383 e. The van der Waals surface area contributed by atoms with E-state index in [9.17, 15) is 0 Å². The van der Waals surface area contributed by atoms with Gasteiger partial charge in [-0.2, -0.15) is 0 Å². The average Bonchev–Trinajstić information content (AvgIpc) is 2.53. The SMILES string of the molecule is CN=C(NCCCN(C)CCOC)NCc1ccccc1C. The van der Waals surface area contributed by atoms with E-state index in [1.165, 1.54) is 11.1 Å². The summed E-state index contributed by atoms with van der Waals surface area (Å²) in [5.41, 5.74) is 2.59. The second-order valence-corrected chi connectivity index (χ2v) is 5.43. The predicted molar refractivity (Wildman–Crippen MR) is 93.4 cm³/mol. The van der Waals surface area contributed by atoms with E-state index in [-0.39, 0.29) is 0 Å². The number of aryl methyl sites for hydroxylation is 1. The monoisotopic (exact) mass is 306 g/mol. The van der Waals surface area contributed by atoms with E-state index in [4.69, 9.17) is 4.74 Å². The molecule has 0 bridgehead atoms. The number of hydrogen-bond donors (Lipinski definition) is 2. The number of ether oxygens (including phenoxy) is 1. The summed E-state index contributed by atoms with van der Waals surface area (Å²) < 4.78 is 5.07. The van der Waals surface area contributed by atoms with E-state index in [0.717, 1.165) is 45.2 Å². The van der Waals surface area contributed by atoms with E-state index >= 15 is 0 Å². The zero-order chi connectivity index (χ0) is 16.2. The summed E-state index contributed by atoms with van der Waals surface area (Å²) in [5.74, 6) is 0.850. The molecule has 5 nitrogen and oxygen atoms in total. The van der Waals surface area contributed by atoms with Crippen molar-refractivity contribution in [1.29, 1.82) is 0 Å². The average molecular weight is 306 g/mol. The molecule has 0 aromatic heterocycles. The molecule has 124 valence electrons. The summed E-state index contributed by atoms with van der Waals surface area (Å²) in [4.78, 5) is 6.53. The molecule has 1 rings (SSSR count). The van der Waals surface area contributed by atoms with Gasteiger partial charge in [0.15, 0.2) is 5.96 Å². The lowest BCUT2D eigenvalue weighted by Gasteiger charge is -2.17. The first-order valence-corrected chi connectivity index (χ1v) is 7.84. The van der Waals surface area contributed by atoms with Crippen LogP contribution < -0.4 is 10.6 Å². The van der Waals surface area contributed by atoms with Crippen molar-refractivity contribution in [3.8, 4) is 0 Å². The fourth-order valence-electron chi connectivity index (χ4n) is 2.12. The Hall–Kier alpha value is -1.59. The highest BCUT2D eigenvalue weighted by atomic mass is 16.5. The van der Waals surface area contributed by atoms with Gasteiger partial charge >= 0.3 is 0 Å². The molecule has 0 saturated carbocycles. The van der Waals surface area contributed by atoms with Crippen LogP contribution in [0.3, 0.4) is 0 Å². The Morgan fingerprint density at radius 1 is 1.23 bits per heavy atom. The topological polar surface area (TPSA) is 48.9 Å². The van der Waals surface area contributed by atoms with Gasteiger partial charge in [-0.25, -0.2) is 0 Å². The van der Waals surface area contributed by atoms with Crippen LogP contribution in [0.5, 0.6) is 0 Å². The maximum atomic E-state index is 5.07. The molecule has 1 aromatic carbocycles. The first-order valence-electron chi connectivity index (χ1n) is 7.84. The summed E-state index contributed by atoms with van der Waals surface area (Å²) in [7, 11) is 5.65. The molecule has 0 fully saturated rings. The number of likely N-dealkylation sites (N-methyl/N-ethyl adjacent to an activating group) is 1. The summed E-state index contributed by atoms with van der Waals surface area (Å²) in [6.07, 6.45) is 1.07. The maximum absolute atomic E-state index is 5.07. The van der Waals surface area contributed by atoms with Crippen molar-refractivity contribution in [3.05, 3.63) is 35.4 Å². The highest BCUT2D eigenvalue weighted by molar-refractivity contribution is 5.79. The molecule has 0 spiro atoms. The highest BCUT2D eigenvalue weighted by Crippen LogP contribution is 2.05. The third-order valence-electron chi connectivity index (χ3n) is 3.62. The number of guanidine groups is 1. The first-order chi connectivity index (χ1) is 10.7. The van der Waals surface area contributed by atoms with Gasteiger partial charge in [-0.05, 0) is 38.1 Å². The summed E-state index contributed by atoms with van der Waals surface area (Å²) in [5, 5.41) is 6.71. The third-order valence-corrected chi connectivity index (χ3v) is 3.62. The molecule has 0 amide bonds. The molecule has 0 heterocycles. The Balaban J connectivity index is 2.22. The lowest BCUT2D eigenvalue weighted by Crippen LogP contribution is -2.38. The summed E-state index contributed by atoms with van der Waals surface area (Å²) in [6.45, 7) is 6.62. The molecule has 5 heteroatoms. The van der Waals surface area contributed by atoms with Crippen molar-refractivity contribution in [2.75, 3.05) is 47.4 Å². The van der Waals surface area contributed by atoms with Crippen LogP contribution in [0.2, 0.25) is 0 Å². The molecule has 0 aliphatic carbocycles. The zero-order valence-electron chi connectivity index (χ0n) is 14.4. The molecular weight excluding hydrogens is 276 g/mol. The molecule has 0 aliphatic heterocycles. The van der Waals surface area contributed by atoms with Crippen molar-refractivity contribution in [2.24, 2.45) is 4.99 Å². The molecule has 0 aliphatic rings. The molecule has 0 saturated heterocycles. The number of methoxy groups -OCH3 is 1. The fraction of sp³-hybridized carbons (Fsp3) is 0.588. The van der Waals surface area contributed by atoms with Crippen molar-refractivity contribution >= 4 is 5.96 Å². The van der Waals surface area contributed by atoms with Crippen LogP contribution in [-0.4, -0.2) is 58.3 Å². The molecule has 1 aromatic rings. The molecule has 0 atom stereocenters. The number of benzene rings is 1. The Morgan fingerprint density at radius 2 is 2.00 bits per heavy atom. The van der Waals surface area contributed by atoms with Crippen molar-refractivity contribution in [3.63, 3.8) is 0 Å². The van der Waals surface area contributed by atoms with E-state index < -0.39 is 0 Å². The minimum absolute atomic E-state index is 0.781. The predicted octanol–water partition coefficient (Wildman–Crippen LogP) is 1.63. The lowest BCUT2D eigenvalue weighted by molar-refractivity contribution is 0.161. The van der Waals surface area contributed by atoms with E-state index in [2.05, 4.69) is 58.8 Å². The number of rotatable bonds is 9. The summed E-state index contributed by atoms with van der Waals surface area (Å²) in [6, 6.07) is 8.39. The molecule has 2 N–H and O–H groups in total. The van der Waals surface area contributed by atoms with Gasteiger partial charge in [0.2, 0.25) is 0 Å². The molecular formula is C17H30N4O. The van der Waals surface area contributed by atoms with Gasteiger partial charge in [0.1, 0.15) is 0 Å². The Labute approximate surface area is 134 Å². The zero-order valence-corrected chi connectivity index (χ0v) is 14.4. The van der Waals surface area contributed by atoms with Gasteiger partial charge in [0, 0.05) is 33.8 Å².